The van der Waals surface area contributed by atoms with Gasteiger partial charge in [0.15, 0.2) is 9.90 Å². The highest BCUT2D eigenvalue weighted by Crippen LogP contribution is 2.30. The highest BCUT2D eigenvalue weighted by Gasteiger charge is 2.27. The Morgan fingerprint density at radius 2 is 2.00 bits per heavy atom. The molecule has 3 rings (SSSR count). The van der Waals surface area contributed by atoms with Gasteiger partial charge < -0.3 is 4.18 Å². The summed E-state index contributed by atoms with van der Waals surface area (Å²) in [4.78, 5) is 13.7. The van der Waals surface area contributed by atoms with Gasteiger partial charge in [-0.1, -0.05) is 12.1 Å². The van der Waals surface area contributed by atoms with E-state index in [-0.39, 0.29) is 10.8 Å². The zero-order valence-electron chi connectivity index (χ0n) is 11.7. The lowest BCUT2D eigenvalue weighted by molar-refractivity contribution is -0.387. The first-order valence-electron chi connectivity index (χ1n) is 6.39. The van der Waals surface area contributed by atoms with E-state index in [0.717, 1.165) is 23.5 Å². The average Bonchev–Trinajstić information content (AvgIpc) is 2.97. The molecule has 0 bridgehead atoms. The molecule has 0 N–H and O–H groups in total. The Hall–Kier alpha value is -3.03. The molecule has 0 aliphatic carbocycles. The van der Waals surface area contributed by atoms with Crippen LogP contribution in [0.15, 0.2) is 47.4 Å². The molecule has 120 valence electrons. The minimum absolute atomic E-state index is 0.0196. The summed E-state index contributed by atoms with van der Waals surface area (Å²) in [6, 6.07) is 11.1. The van der Waals surface area contributed by atoms with Crippen molar-refractivity contribution in [2.75, 3.05) is 0 Å². The summed E-state index contributed by atoms with van der Waals surface area (Å²) in [6.45, 7) is 0. The fourth-order valence-corrected chi connectivity index (χ4v) is 3.88. The standard InChI is InChI=1S/C14H7N3O5S2/c15-8-14-16-10-6-5-9(7-12(10)23-14)22-24(20,21)13-4-2-1-3-11(13)17(18)19/h1-7H. The molecule has 0 fully saturated rings. The molecule has 0 aliphatic rings. The lowest BCUT2D eigenvalue weighted by atomic mass is 10.3. The van der Waals surface area contributed by atoms with E-state index < -0.39 is 25.6 Å². The molecule has 1 heterocycles. The van der Waals surface area contributed by atoms with Crippen LogP contribution in [0.1, 0.15) is 5.01 Å². The molecule has 0 radical (unpaired) electrons. The molecule has 8 nitrogen and oxygen atoms in total. The Labute approximate surface area is 139 Å². The minimum atomic E-state index is -4.38. The second kappa shape index (κ2) is 5.88. The molecule has 1 aromatic heterocycles. The normalized spacial score (nSPS) is 11.1. The number of hydrogen-bond acceptors (Lipinski definition) is 8. The van der Waals surface area contributed by atoms with Gasteiger partial charge in [0.25, 0.3) is 5.69 Å². The molecule has 24 heavy (non-hydrogen) atoms. The first-order chi connectivity index (χ1) is 11.4. The predicted octanol–water partition coefficient (Wildman–Crippen LogP) is 2.84. The molecule has 0 spiro atoms. The number of nitro benzene ring substituents is 1. The van der Waals surface area contributed by atoms with Crippen molar-refractivity contribution in [2.45, 2.75) is 4.90 Å². The Morgan fingerprint density at radius 1 is 1.25 bits per heavy atom. The van der Waals surface area contributed by atoms with Crippen LogP contribution in [0.3, 0.4) is 0 Å². The highest BCUT2D eigenvalue weighted by molar-refractivity contribution is 7.87. The van der Waals surface area contributed by atoms with Crippen LogP contribution in [0.25, 0.3) is 10.2 Å². The zero-order chi connectivity index (χ0) is 17.3. The van der Waals surface area contributed by atoms with Crippen molar-refractivity contribution < 1.29 is 17.5 Å². The van der Waals surface area contributed by atoms with E-state index in [9.17, 15) is 18.5 Å². The number of nitrogens with zero attached hydrogens (tertiary/aromatic N) is 3. The second-order valence-electron chi connectivity index (χ2n) is 4.52. The number of aromatic nitrogens is 1. The first kappa shape index (κ1) is 15.9. The predicted molar refractivity (Wildman–Crippen MR) is 85.2 cm³/mol. The average molecular weight is 361 g/mol. The molecular formula is C14H7N3O5S2. The van der Waals surface area contributed by atoms with Crippen molar-refractivity contribution in [1.29, 1.82) is 5.26 Å². The van der Waals surface area contributed by atoms with E-state index in [1.807, 2.05) is 6.07 Å². The van der Waals surface area contributed by atoms with Crippen molar-refractivity contribution in [3.8, 4) is 11.8 Å². The number of hydrogen-bond donors (Lipinski definition) is 0. The quantitative estimate of drug-likeness (QED) is 0.397. The molecule has 10 heteroatoms. The van der Waals surface area contributed by atoms with Crippen molar-refractivity contribution in [2.24, 2.45) is 0 Å². The molecule has 0 aliphatic heterocycles. The molecule has 0 saturated carbocycles. The number of benzene rings is 2. The van der Waals surface area contributed by atoms with E-state index in [2.05, 4.69) is 4.98 Å². The summed E-state index contributed by atoms with van der Waals surface area (Å²) >= 11 is 1.09. The number of nitro groups is 1. The Balaban J connectivity index is 2.01. The summed E-state index contributed by atoms with van der Waals surface area (Å²) in [5.41, 5.74) is -0.0323. The molecular weight excluding hydrogens is 354 g/mol. The van der Waals surface area contributed by atoms with Gasteiger partial charge in [-0.05, 0) is 18.2 Å². The van der Waals surface area contributed by atoms with Gasteiger partial charge >= 0.3 is 10.1 Å². The Bertz CT molecular complexity index is 1100. The number of thiazole rings is 1. The van der Waals surface area contributed by atoms with E-state index >= 15 is 0 Å². The van der Waals surface area contributed by atoms with Crippen molar-refractivity contribution >= 4 is 37.4 Å². The van der Waals surface area contributed by atoms with Crippen LogP contribution in [0.5, 0.6) is 5.75 Å². The fourth-order valence-electron chi connectivity index (χ4n) is 2.00. The summed E-state index contributed by atoms with van der Waals surface area (Å²) in [6.07, 6.45) is 0. The Morgan fingerprint density at radius 3 is 2.71 bits per heavy atom. The number of rotatable bonds is 4. The van der Waals surface area contributed by atoms with E-state index in [1.54, 1.807) is 0 Å². The topological polar surface area (TPSA) is 123 Å². The summed E-state index contributed by atoms with van der Waals surface area (Å²) in [5, 5.41) is 20.1. The van der Waals surface area contributed by atoms with Gasteiger partial charge in [-0.25, -0.2) is 4.98 Å². The van der Waals surface area contributed by atoms with E-state index in [4.69, 9.17) is 9.44 Å². The maximum Gasteiger partial charge on any atom is 0.346 e. The van der Waals surface area contributed by atoms with Crippen LogP contribution in [0.2, 0.25) is 0 Å². The molecule has 0 atom stereocenters. The molecule has 3 aromatic rings. The van der Waals surface area contributed by atoms with Gasteiger partial charge in [0.1, 0.15) is 11.8 Å². The third-order valence-corrected chi connectivity index (χ3v) is 5.21. The zero-order valence-corrected chi connectivity index (χ0v) is 13.4. The van der Waals surface area contributed by atoms with Gasteiger partial charge in [0.05, 0.1) is 15.1 Å². The fraction of sp³-hybridized carbons (Fsp3) is 0. The van der Waals surface area contributed by atoms with Gasteiger partial charge in [-0.2, -0.15) is 13.7 Å². The molecule has 2 aromatic carbocycles. The third kappa shape index (κ3) is 2.90. The van der Waals surface area contributed by atoms with Gasteiger partial charge in [-0.3, -0.25) is 10.1 Å². The second-order valence-corrected chi connectivity index (χ2v) is 7.07. The van der Waals surface area contributed by atoms with Crippen molar-refractivity contribution in [3.63, 3.8) is 0 Å². The first-order valence-corrected chi connectivity index (χ1v) is 8.62. The lowest BCUT2D eigenvalue weighted by Crippen LogP contribution is -2.11. The lowest BCUT2D eigenvalue weighted by Gasteiger charge is -2.07. The third-order valence-electron chi connectivity index (χ3n) is 2.99. The number of fused-ring (bicyclic) bond motifs is 1. The van der Waals surface area contributed by atoms with Crippen LogP contribution in [0, 0.1) is 21.4 Å². The smallest absolute Gasteiger partial charge is 0.346 e. The van der Waals surface area contributed by atoms with E-state index in [0.29, 0.717) is 10.2 Å². The van der Waals surface area contributed by atoms with Crippen LogP contribution in [-0.4, -0.2) is 18.3 Å². The highest BCUT2D eigenvalue weighted by atomic mass is 32.2. The summed E-state index contributed by atoms with van der Waals surface area (Å²) < 4.78 is 30.2. The maximum absolute atomic E-state index is 12.3. The SMILES string of the molecule is N#Cc1nc2ccc(OS(=O)(=O)c3ccccc3[N+](=O)[O-])cc2s1. The minimum Gasteiger partial charge on any atom is -0.379 e. The van der Waals surface area contributed by atoms with Crippen LogP contribution in [0.4, 0.5) is 5.69 Å². The number of para-hydroxylation sites is 1. The van der Waals surface area contributed by atoms with Crippen molar-refractivity contribution in [1.82, 2.24) is 4.98 Å². The van der Waals surface area contributed by atoms with Gasteiger partial charge in [0.2, 0.25) is 0 Å². The molecule has 0 unspecified atom stereocenters. The maximum atomic E-state index is 12.3. The summed E-state index contributed by atoms with van der Waals surface area (Å²) in [5.74, 6) is -0.0196. The van der Waals surface area contributed by atoms with Crippen LogP contribution in [-0.2, 0) is 10.1 Å². The van der Waals surface area contributed by atoms with Gasteiger partial charge in [-0.15, -0.1) is 11.3 Å². The monoisotopic (exact) mass is 361 g/mol. The van der Waals surface area contributed by atoms with E-state index in [1.165, 1.54) is 30.3 Å². The number of nitriles is 1. The largest absolute Gasteiger partial charge is 0.379 e. The molecule has 0 amide bonds. The van der Waals surface area contributed by atoms with Crippen LogP contribution >= 0.6 is 11.3 Å². The van der Waals surface area contributed by atoms with Crippen LogP contribution < -0.4 is 4.18 Å². The summed E-state index contributed by atoms with van der Waals surface area (Å²) in [7, 11) is -4.38. The molecule has 0 saturated heterocycles. The van der Waals surface area contributed by atoms with Crippen molar-refractivity contribution in [3.05, 3.63) is 57.6 Å². The Kier molecular flexibility index (Phi) is 3.88. The van der Waals surface area contributed by atoms with Gasteiger partial charge in [0, 0.05) is 12.1 Å².